The number of carbonyl (C=O) groups is 1. The molecule has 1 aliphatic heterocycles. The lowest BCUT2D eigenvalue weighted by Crippen LogP contribution is -2.28. The van der Waals surface area contributed by atoms with Crippen LogP contribution in [0.4, 0.5) is 22.4 Å². The van der Waals surface area contributed by atoms with E-state index in [0.717, 1.165) is 24.9 Å². The van der Waals surface area contributed by atoms with Gasteiger partial charge >= 0.3 is 6.03 Å². The fraction of sp³-hybridized carbons (Fsp3) is 0.278. The number of pyridine rings is 1. The van der Waals surface area contributed by atoms with Crippen LogP contribution in [0.2, 0.25) is 0 Å². The number of anilines is 3. The molecular formula is C18H20N8O2S. The van der Waals surface area contributed by atoms with E-state index in [1.165, 1.54) is 11.3 Å². The first-order valence-corrected chi connectivity index (χ1v) is 9.98. The molecule has 4 heterocycles. The van der Waals surface area contributed by atoms with Crippen LogP contribution in [0, 0.1) is 0 Å². The predicted molar refractivity (Wildman–Crippen MR) is 111 cm³/mol. The van der Waals surface area contributed by atoms with Gasteiger partial charge in [0.1, 0.15) is 23.3 Å². The van der Waals surface area contributed by atoms with Crippen molar-refractivity contribution in [1.29, 1.82) is 0 Å². The molecule has 0 radical (unpaired) electrons. The molecule has 0 aromatic carbocycles. The molecule has 0 saturated carbocycles. The summed E-state index contributed by atoms with van der Waals surface area (Å²) in [6.07, 6.45) is 5.43. The van der Waals surface area contributed by atoms with Crippen molar-refractivity contribution >= 4 is 35.0 Å². The molecule has 1 aliphatic rings. The van der Waals surface area contributed by atoms with Crippen molar-refractivity contribution in [2.45, 2.75) is 18.9 Å². The number of carbonyl (C=O) groups excluding carboxylic acids is 1. The second-order valence-electron chi connectivity index (χ2n) is 6.41. The number of nitrogens with zero attached hydrogens (tertiary/aromatic N) is 4. The van der Waals surface area contributed by atoms with Gasteiger partial charge in [-0.25, -0.2) is 19.7 Å². The topological polar surface area (TPSA) is 140 Å². The Bertz CT molecular complexity index is 972. The Labute approximate surface area is 171 Å². The van der Waals surface area contributed by atoms with Crippen molar-refractivity contribution < 1.29 is 9.53 Å². The van der Waals surface area contributed by atoms with Crippen molar-refractivity contribution in [3.8, 4) is 16.5 Å². The van der Waals surface area contributed by atoms with E-state index in [0.29, 0.717) is 35.2 Å². The summed E-state index contributed by atoms with van der Waals surface area (Å²) in [5.74, 6) is 1.47. The van der Waals surface area contributed by atoms with E-state index in [2.05, 4.69) is 35.9 Å². The van der Waals surface area contributed by atoms with Crippen LogP contribution in [0.15, 0.2) is 36.0 Å². The van der Waals surface area contributed by atoms with Gasteiger partial charge in [0.2, 0.25) is 11.8 Å². The average Bonchev–Trinajstić information content (AvgIpc) is 3.39. The molecule has 10 nitrogen and oxygen atoms in total. The Kier molecular flexibility index (Phi) is 5.77. The van der Waals surface area contributed by atoms with Gasteiger partial charge < -0.3 is 15.8 Å². The standard InChI is InChI=1S/C18H20N8O2S/c19-17-21-7-11(8-22-17)16-24-14(10-29-16)26-18(27)25-13-4-1-5-15(23-13)28-9-12-3-2-6-20-12/h1,4-5,7-8,10,12,20H,2-3,6,9H2,(H2,19,21,22)(H2,23,25,26,27). The molecular weight excluding hydrogens is 392 g/mol. The van der Waals surface area contributed by atoms with E-state index in [1.807, 2.05) is 0 Å². The highest BCUT2D eigenvalue weighted by Gasteiger charge is 2.15. The van der Waals surface area contributed by atoms with E-state index in [4.69, 9.17) is 10.5 Å². The first kappa shape index (κ1) is 19.0. The summed E-state index contributed by atoms with van der Waals surface area (Å²) < 4.78 is 5.71. The van der Waals surface area contributed by atoms with Crippen molar-refractivity contribution in [2.24, 2.45) is 0 Å². The zero-order chi connectivity index (χ0) is 20.1. The van der Waals surface area contributed by atoms with Crippen LogP contribution >= 0.6 is 11.3 Å². The number of hydrogen-bond acceptors (Lipinski definition) is 9. The van der Waals surface area contributed by atoms with Gasteiger partial charge in [0.25, 0.3) is 0 Å². The van der Waals surface area contributed by atoms with Crippen molar-refractivity contribution in [3.05, 3.63) is 36.0 Å². The van der Waals surface area contributed by atoms with Gasteiger partial charge in [-0.3, -0.25) is 10.6 Å². The number of hydrogen-bond donors (Lipinski definition) is 4. The van der Waals surface area contributed by atoms with Crippen molar-refractivity contribution in [3.63, 3.8) is 0 Å². The van der Waals surface area contributed by atoms with Gasteiger partial charge in [-0.15, -0.1) is 11.3 Å². The first-order valence-electron chi connectivity index (χ1n) is 9.10. The molecule has 2 amide bonds. The third-order valence-electron chi connectivity index (χ3n) is 4.22. The number of aromatic nitrogens is 4. The van der Waals surface area contributed by atoms with Crippen LogP contribution < -0.4 is 26.4 Å². The van der Waals surface area contributed by atoms with Crippen molar-refractivity contribution in [2.75, 3.05) is 29.5 Å². The molecule has 1 unspecified atom stereocenters. The van der Waals surface area contributed by atoms with E-state index < -0.39 is 6.03 Å². The van der Waals surface area contributed by atoms with Gasteiger partial charge in [0.05, 0.1) is 0 Å². The molecule has 3 aromatic rings. The predicted octanol–water partition coefficient (Wildman–Crippen LogP) is 2.35. The van der Waals surface area contributed by atoms with Crippen LogP contribution in [0.25, 0.3) is 10.6 Å². The second kappa shape index (κ2) is 8.80. The summed E-state index contributed by atoms with van der Waals surface area (Å²) in [6, 6.07) is 5.14. The molecule has 1 atom stereocenters. The summed E-state index contributed by atoms with van der Waals surface area (Å²) in [5, 5.41) is 11.1. The zero-order valence-electron chi connectivity index (χ0n) is 15.5. The van der Waals surface area contributed by atoms with Gasteiger partial charge in [-0.05, 0) is 25.5 Å². The van der Waals surface area contributed by atoms with E-state index in [-0.39, 0.29) is 5.95 Å². The fourth-order valence-electron chi connectivity index (χ4n) is 2.83. The highest BCUT2D eigenvalue weighted by atomic mass is 32.1. The lowest BCUT2D eigenvalue weighted by atomic mass is 10.2. The number of nitrogens with two attached hydrogens (primary N) is 1. The van der Waals surface area contributed by atoms with Gasteiger partial charge in [0.15, 0.2) is 0 Å². The molecule has 0 spiro atoms. The number of amides is 2. The molecule has 0 bridgehead atoms. The maximum atomic E-state index is 12.3. The van der Waals surface area contributed by atoms with Gasteiger partial charge in [-0.1, -0.05) is 6.07 Å². The summed E-state index contributed by atoms with van der Waals surface area (Å²) >= 11 is 1.36. The minimum absolute atomic E-state index is 0.196. The number of thiazole rings is 1. The minimum atomic E-state index is -0.447. The Morgan fingerprint density at radius 2 is 2.07 bits per heavy atom. The van der Waals surface area contributed by atoms with Gasteiger partial charge in [0, 0.05) is 35.4 Å². The molecule has 3 aromatic heterocycles. The molecule has 29 heavy (non-hydrogen) atoms. The maximum Gasteiger partial charge on any atom is 0.326 e. The van der Waals surface area contributed by atoms with Crippen LogP contribution in [0.3, 0.4) is 0 Å². The highest BCUT2D eigenvalue weighted by Crippen LogP contribution is 2.25. The van der Waals surface area contributed by atoms with Crippen LogP contribution in [0.1, 0.15) is 12.8 Å². The third kappa shape index (κ3) is 5.15. The number of nitrogens with one attached hydrogen (secondary N) is 3. The minimum Gasteiger partial charge on any atom is -0.476 e. The Morgan fingerprint density at radius 3 is 2.86 bits per heavy atom. The summed E-state index contributed by atoms with van der Waals surface area (Å²) in [6.45, 7) is 1.58. The molecule has 11 heteroatoms. The second-order valence-corrected chi connectivity index (χ2v) is 7.27. The van der Waals surface area contributed by atoms with Crippen LogP contribution in [-0.2, 0) is 0 Å². The number of ether oxygens (including phenoxy) is 1. The van der Waals surface area contributed by atoms with E-state index in [9.17, 15) is 4.79 Å². The zero-order valence-corrected chi connectivity index (χ0v) is 16.3. The molecule has 1 saturated heterocycles. The molecule has 5 N–H and O–H groups in total. The number of rotatable bonds is 6. The summed E-state index contributed by atoms with van der Waals surface area (Å²) in [7, 11) is 0. The number of nitrogen functional groups attached to an aromatic ring is 1. The smallest absolute Gasteiger partial charge is 0.326 e. The Balaban J connectivity index is 1.32. The summed E-state index contributed by atoms with van der Waals surface area (Å²) in [5.41, 5.74) is 6.21. The fourth-order valence-corrected chi connectivity index (χ4v) is 3.55. The van der Waals surface area contributed by atoms with Crippen LogP contribution in [0.5, 0.6) is 5.88 Å². The van der Waals surface area contributed by atoms with Gasteiger partial charge in [-0.2, -0.15) is 4.98 Å². The van der Waals surface area contributed by atoms with Crippen LogP contribution in [-0.4, -0.2) is 45.2 Å². The maximum absolute atomic E-state index is 12.3. The highest BCUT2D eigenvalue weighted by molar-refractivity contribution is 7.13. The normalized spacial score (nSPS) is 15.8. The van der Waals surface area contributed by atoms with Crippen molar-refractivity contribution in [1.82, 2.24) is 25.3 Å². The Morgan fingerprint density at radius 1 is 1.24 bits per heavy atom. The number of urea groups is 1. The molecule has 0 aliphatic carbocycles. The Hall–Kier alpha value is -3.31. The summed E-state index contributed by atoms with van der Waals surface area (Å²) in [4.78, 5) is 28.8. The first-order chi connectivity index (χ1) is 14.2. The van der Waals surface area contributed by atoms with E-state index >= 15 is 0 Å². The SMILES string of the molecule is Nc1ncc(-c2nc(NC(=O)Nc3cccc(OCC4CCCN4)n3)cs2)cn1. The lowest BCUT2D eigenvalue weighted by Gasteiger charge is -2.12. The third-order valence-corrected chi connectivity index (χ3v) is 5.12. The average molecular weight is 412 g/mol. The quantitative estimate of drug-likeness (QED) is 0.484. The van der Waals surface area contributed by atoms with E-state index in [1.54, 1.807) is 36.0 Å². The lowest BCUT2D eigenvalue weighted by molar-refractivity contribution is 0.261. The monoisotopic (exact) mass is 412 g/mol. The molecule has 1 fully saturated rings. The molecule has 4 rings (SSSR count). The largest absolute Gasteiger partial charge is 0.476 e. The molecule has 150 valence electrons.